The lowest BCUT2D eigenvalue weighted by Gasteiger charge is -2.22. The summed E-state index contributed by atoms with van der Waals surface area (Å²) >= 11 is 0. The van der Waals surface area contributed by atoms with Crippen LogP contribution in [0.2, 0.25) is 0 Å². The zero-order chi connectivity index (χ0) is 15.3. The maximum absolute atomic E-state index is 11.7. The maximum Gasteiger partial charge on any atom is 0.408 e. The molecule has 1 aromatic carbocycles. The lowest BCUT2D eigenvalue weighted by Crippen LogP contribution is -2.38. The van der Waals surface area contributed by atoms with E-state index in [1.54, 1.807) is 45.0 Å². The summed E-state index contributed by atoms with van der Waals surface area (Å²) in [5.74, 6) is -0.663. The van der Waals surface area contributed by atoms with Crippen LogP contribution < -0.4 is 10.1 Å². The fourth-order valence-corrected chi connectivity index (χ4v) is 1.53. The first-order chi connectivity index (χ1) is 9.23. The van der Waals surface area contributed by atoms with E-state index in [1.807, 2.05) is 0 Å². The number of alkyl carbamates (subject to hydrolysis) is 1. The summed E-state index contributed by atoms with van der Waals surface area (Å²) in [6.07, 6.45) is -0.785. The standard InChI is InChI=1S/C14H19NO5/c1-14(2,3)20-13(18)15-11(12(16)17)9-6-5-7-10(8-9)19-4/h5-8,11H,1-4H3,(H,15,18)(H,16,17)/t11-/m0/s1. The van der Waals surface area contributed by atoms with Gasteiger partial charge in [-0.05, 0) is 38.5 Å². The molecule has 2 N–H and O–H groups in total. The summed E-state index contributed by atoms with van der Waals surface area (Å²) in [5, 5.41) is 11.6. The van der Waals surface area contributed by atoms with Crippen molar-refractivity contribution in [1.29, 1.82) is 0 Å². The zero-order valence-electron chi connectivity index (χ0n) is 12.0. The topological polar surface area (TPSA) is 84.9 Å². The van der Waals surface area contributed by atoms with E-state index in [-0.39, 0.29) is 0 Å². The predicted octanol–water partition coefficient (Wildman–Crippen LogP) is 2.35. The van der Waals surface area contributed by atoms with E-state index in [9.17, 15) is 14.7 Å². The number of carbonyl (C=O) groups is 2. The molecule has 0 saturated heterocycles. The highest BCUT2D eigenvalue weighted by Gasteiger charge is 2.25. The van der Waals surface area contributed by atoms with Crippen LogP contribution >= 0.6 is 0 Å². The number of rotatable bonds is 4. The van der Waals surface area contributed by atoms with Crippen molar-refractivity contribution in [2.24, 2.45) is 0 Å². The molecule has 0 saturated carbocycles. The molecule has 6 heteroatoms. The van der Waals surface area contributed by atoms with E-state index in [2.05, 4.69) is 5.32 Å². The number of carboxylic acid groups (broad SMARTS) is 1. The number of aliphatic carboxylic acids is 1. The van der Waals surface area contributed by atoms with Gasteiger partial charge in [-0.1, -0.05) is 12.1 Å². The second-order valence-corrected chi connectivity index (χ2v) is 5.19. The van der Waals surface area contributed by atoms with Crippen molar-refractivity contribution >= 4 is 12.1 Å². The Morgan fingerprint density at radius 3 is 2.45 bits per heavy atom. The van der Waals surface area contributed by atoms with Crippen LogP contribution in [-0.4, -0.2) is 29.9 Å². The summed E-state index contributed by atoms with van der Waals surface area (Å²) in [7, 11) is 1.48. The number of amides is 1. The second-order valence-electron chi connectivity index (χ2n) is 5.19. The molecule has 0 heterocycles. The van der Waals surface area contributed by atoms with Crippen LogP contribution in [0.25, 0.3) is 0 Å². The monoisotopic (exact) mass is 281 g/mol. The molecule has 0 fully saturated rings. The van der Waals surface area contributed by atoms with Gasteiger partial charge in [-0.2, -0.15) is 0 Å². The van der Waals surface area contributed by atoms with Crippen molar-refractivity contribution in [1.82, 2.24) is 5.32 Å². The van der Waals surface area contributed by atoms with Crippen LogP contribution in [0, 0.1) is 0 Å². The Morgan fingerprint density at radius 2 is 1.95 bits per heavy atom. The third-order valence-corrected chi connectivity index (χ3v) is 2.34. The zero-order valence-corrected chi connectivity index (χ0v) is 12.0. The maximum atomic E-state index is 11.7. The molecular formula is C14H19NO5. The number of benzene rings is 1. The Hall–Kier alpha value is -2.24. The minimum atomic E-state index is -1.19. The number of hydrogen-bond acceptors (Lipinski definition) is 4. The van der Waals surface area contributed by atoms with E-state index in [4.69, 9.17) is 9.47 Å². The van der Waals surface area contributed by atoms with Crippen molar-refractivity contribution < 1.29 is 24.2 Å². The molecule has 0 radical (unpaired) electrons. The molecule has 0 aromatic heterocycles. The molecule has 6 nitrogen and oxygen atoms in total. The van der Waals surface area contributed by atoms with E-state index >= 15 is 0 Å². The predicted molar refractivity (Wildman–Crippen MR) is 72.7 cm³/mol. The van der Waals surface area contributed by atoms with Crippen molar-refractivity contribution in [3.8, 4) is 5.75 Å². The number of hydrogen-bond donors (Lipinski definition) is 2. The minimum Gasteiger partial charge on any atom is -0.497 e. The van der Waals surface area contributed by atoms with Crippen LogP contribution in [0.1, 0.15) is 32.4 Å². The highest BCUT2D eigenvalue weighted by molar-refractivity contribution is 5.81. The third kappa shape index (κ3) is 4.79. The quantitative estimate of drug-likeness (QED) is 0.884. The molecule has 1 amide bonds. The first kappa shape index (κ1) is 15.8. The van der Waals surface area contributed by atoms with Gasteiger partial charge in [-0.3, -0.25) is 0 Å². The Labute approximate surface area is 117 Å². The largest absolute Gasteiger partial charge is 0.497 e. The summed E-state index contributed by atoms with van der Waals surface area (Å²) in [6, 6.07) is 5.30. The molecule has 20 heavy (non-hydrogen) atoms. The molecule has 0 bridgehead atoms. The molecule has 110 valence electrons. The number of carbonyl (C=O) groups excluding carboxylic acids is 1. The number of methoxy groups -OCH3 is 1. The Kier molecular flexibility index (Phi) is 4.96. The van der Waals surface area contributed by atoms with E-state index < -0.39 is 23.7 Å². The fraction of sp³-hybridized carbons (Fsp3) is 0.429. The first-order valence-corrected chi connectivity index (χ1v) is 6.09. The van der Waals surface area contributed by atoms with E-state index in [0.29, 0.717) is 11.3 Å². The lowest BCUT2D eigenvalue weighted by molar-refractivity contribution is -0.139. The molecule has 0 aliphatic heterocycles. The smallest absolute Gasteiger partial charge is 0.408 e. The van der Waals surface area contributed by atoms with Gasteiger partial charge in [-0.15, -0.1) is 0 Å². The molecule has 1 aromatic rings. The van der Waals surface area contributed by atoms with E-state index in [0.717, 1.165) is 0 Å². The summed E-state index contributed by atoms with van der Waals surface area (Å²) in [4.78, 5) is 23.0. The van der Waals surface area contributed by atoms with Crippen molar-refractivity contribution in [3.05, 3.63) is 29.8 Å². The van der Waals surface area contributed by atoms with Crippen LogP contribution in [-0.2, 0) is 9.53 Å². The van der Waals surface area contributed by atoms with Crippen molar-refractivity contribution in [2.45, 2.75) is 32.4 Å². The highest BCUT2D eigenvalue weighted by atomic mass is 16.6. The van der Waals surface area contributed by atoms with Gasteiger partial charge in [0.05, 0.1) is 7.11 Å². The van der Waals surface area contributed by atoms with Gasteiger partial charge >= 0.3 is 12.1 Å². The molecule has 0 unspecified atom stereocenters. The van der Waals surface area contributed by atoms with Crippen LogP contribution in [0.4, 0.5) is 4.79 Å². The Morgan fingerprint density at radius 1 is 1.30 bits per heavy atom. The molecule has 0 aliphatic rings. The minimum absolute atomic E-state index is 0.405. The summed E-state index contributed by atoms with van der Waals surface area (Å²) in [5.41, 5.74) is -0.288. The van der Waals surface area contributed by atoms with Gasteiger partial charge in [0.25, 0.3) is 0 Å². The SMILES string of the molecule is COc1cccc([C@H](NC(=O)OC(C)(C)C)C(=O)O)c1. The Bertz CT molecular complexity index is 493. The van der Waals surface area contributed by atoms with Gasteiger partial charge in [0.15, 0.2) is 6.04 Å². The Balaban J connectivity index is 2.89. The normalized spacial score (nSPS) is 12.4. The molecular weight excluding hydrogens is 262 g/mol. The van der Waals surface area contributed by atoms with Gasteiger partial charge in [-0.25, -0.2) is 9.59 Å². The van der Waals surface area contributed by atoms with Crippen LogP contribution in [0.15, 0.2) is 24.3 Å². The van der Waals surface area contributed by atoms with Crippen LogP contribution in [0.5, 0.6) is 5.75 Å². The molecule has 0 spiro atoms. The molecule has 1 atom stereocenters. The number of nitrogens with one attached hydrogen (secondary N) is 1. The lowest BCUT2D eigenvalue weighted by atomic mass is 10.1. The first-order valence-electron chi connectivity index (χ1n) is 6.09. The van der Waals surface area contributed by atoms with Crippen molar-refractivity contribution in [2.75, 3.05) is 7.11 Å². The fourth-order valence-electron chi connectivity index (χ4n) is 1.53. The molecule has 1 rings (SSSR count). The van der Waals surface area contributed by atoms with Gasteiger partial charge < -0.3 is 19.9 Å². The average Bonchev–Trinajstić information content (AvgIpc) is 2.33. The second kappa shape index (κ2) is 6.27. The number of ether oxygens (including phenoxy) is 2. The average molecular weight is 281 g/mol. The highest BCUT2D eigenvalue weighted by Crippen LogP contribution is 2.20. The van der Waals surface area contributed by atoms with E-state index in [1.165, 1.54) is 7.11 Å². The number of carboxylic acids is 1. The van der Waals surface area contributed by atoms with Crippen LogP contribution in [0.3, 0.4) is 0 Å². The summed E-state index contributed by atoms with van der Waals surface area (Å²) < 4.78 is 10.1. The van der Waals surface area contributed by atoms with Gasteiger partial charge in [0, 0.05) is 0 Å². The molecule has 0 aliphatic carbocycles. The van der Waals surface area contributed by atoms with Gasteiger partial charge in [0.1, 0.15) is 11.4 Å². The van der Waals surface area contributed by atoms with Gasteiger partial charge in [0.2, 0.25) is 0 Å². The third-order valence-electron chi connectivity index (χ3n) is 2.34. The van der Waals surface area contributed by atoms with Crippen molar-refractivity contribution in [3.63, 3.8) is 0 Å². The summed E-state index contributed by atoms with van der Waals surface area (Å²) in [6.45, 7) is 5.11.